The molecule has 0 aromatic heterocycles. The van der Waals surface area contributed by atoms with Crippen LogP contribution in [0.5, 0.6) is 0 Å². The van der Waals surface area contributed by atoms with E-state index in [1.165, 1.54) is 0 Å². The van der Waals surface area contributed by atoms with Crippen molar-refractivity contribution in [3.05, 3.63) is 71.8 Å². The smallest absolute Gasteiger partial charge is 0.247 e. The fraction of sp³-hybridized carbons (Fsp3) is 0.643. The number of rotatable bonds is 30. The summed E-state index contributed by atoms with van der Waals surface area (Å²) in [5, 5.41) is 43.3. The van der Waals surface area contributed by atoms with Gasteiger partial charge in [-0.3, -0.25) is 38.4 Å². The zero-order valence-corrected chi connectivity index (χ0v) is 46.1. The van der Waals surface area contributed by atoms with Crippen LogP contribution in [-0.2, 0) is 52.6 Å². The van der Waals surface area contributed by atoms with Gasteiger partial charge in [0.1, 0.15) is 36.3 Å². The number of likely N-dealkylation sites (N-methyl/N-ethyl adjacent to an activating group) is 2. The minimum Gasteiger partial charge on any atom is -0.396 e. The van der Waals surface area contributed by atoms with E-state index in [0.29, 0.717) is 115 Å². The number of nitrogens with one attached hydrogen (secondary N) is 8. The number of aliphatic hydroxyl groups is 2. The van der Waals surface area contributed by atoms with Gasteiger partial charge in [-0.2, -0.15) is 0 Å². The maximum Gasteiger partial charge on any atom is 0.247 e. The highest BCUT2D eigenvalue weighted by Gasteiger charge is 2.50. The highest BCUT2D eigenvalue weighted by atomic mass is 16.5. The van der Waals surface area contributed by atoms with Crippen molar-refractivity contribution >= 4 is 47.3 Å². The van der Waals surface area contributed by atoms with Crippen LogP contribution in [-0.4, -0.2) is 196 Å². The summed E-state index contributed by atoms with van der Waals surface area (Å²) in [6, 6.07) is 10.3. The van der Waals surface area contributed by atoms with Crippen LogP contribution < -0.4 is 42.5 Å². The molecule has 0 unspecified atom stereocenters. The van der Waals surface area contributed by atoms with Crippen LogP contribution in [0.25, 0.3) is 0 Å². The number of hydrogen-bond acceptors (Lipinski definition) is 15. The zero-order valence-electron chi connectivity index (χ0n) is 46.1. The molecule has 8 amide bonds. The zero-order chi connectivity index (χ0) is 56.8. The third-order valence-electron chi connectivity index (χ3n) is 15.7. The normalized spacial score (nSPS) is 24.4. The van der Waals surface area contributed by atoms with Gasteiger partial charge in [0.25, 0.3) is 0 Å². The lowest BCUT2D eigenvalue weighted by molar-refractivity contribution is -0.144. The second-order valence-electron chi connectivity index (χ2n) is 20.8. The molecule has 79 heavy (non-hydrogen) atoms. The molecule has 0 bridgehead atoms. The number of amides is 8. The first kappa shape index (κ1) is 62.1. The molecule has 4 saturated heterocycles. The summed E-state index contributed by atoms with van der Waals surface area (Å²) in [7, 11) is 3.27. The summed E-state index contributed by atoms with van der Waals surface area (Å²) < 4.78 is 17.1. The summed E-state index contributed by atoms with van der Waals surface area (Å²) in [6.45, 7) is 5.23. The third-order valence-corrected chi connectivity index (χ3v) is 15.7. The number of aliphatic hydroxyl groups excluding tert-OH is 2. The molecular weight excluding hydrogens is 1020 g/mol. The van der Waals surface area contributed by atoms with Gasteiger partial charge in [0, 0.05) is 63.4 Å². The van der Waals surface area contributed by atoms with E-state index >= 15 is 0 Å². The van der Waals surface area contributed by atoms with E-state index in [-0.39, 0.29) is 50.2 Å². The van der Waals surface area contributed by atoms with Crippen molar-refractivity contribution in [3.8, 4) is 0 Å². The molecule has 4 fully saturated rings. The largest absolute Gasteiger partial charge is 0.396 e. The van der Waals surface area contributed by atoms with Crippen molar-refractivity contribution < 1.29 is 62.8 Å². The van der Waals surface area contributed by atoms with Crippen molar-refractivity contribution in [2.75, 3.05) is 80.0 Å². The standard InChI is InChI=1S/C56H84N10O13/c1-35(57-3)49(69)63-47-39(33-67)17-19-41-21-23-43(65(41)55(47)75)51(71)61-45(37-13-7-5-8-14-37)53(73)59-25-11-27-77-29-31-79-32-30-78-28-12-26-60-54(74)46(38-15-9-6-10-16-38)62-52(72)44-24-22-42-20-18-40(34-68)48(56(76)66(42)44)64-50(70)36(2)58-4/h5-10,13-16,35-36,39-48,57-58,67-68H,11-12,17-34H2,1-4H3,(H,59,73)(H,60,74)(H,61,71)(H,62,72)(H,63,69)(H,64,70)/t35-,36-,39+,40+,41-,42-,43-,44-,45-,46-,47-,48-/m0/s1. The van der Waals surface area contributed by atoms with Crippen molar-refractivity contribution in [1.82, 2.24) is 52.3 Å². The predicted molar refractivity (Wildman–Crippen MR) is 290 cm³/mol. The Morgan fingerprint density at radius 1 is 0.519 bits per heavy atom. The summed E-state index contributed by atoms with van der Waals surface area (Å²) in [6.07, 6.45) is 5.07. The molecule has 12 atom stereocenters. The highest BCUT2D eigenvalue weighted by molar-refractivity contribution is 5.97. The molecule has 0 spiro atoms. The Hall–Kier alpha value is -6.08. The predicted octanol–water partition coefficient (Wildman–Crippen LogP) is -0.527. The van der Waals surface area contributed by atoms with Gasteiger partial charge in [0.2, 0.25) is 47.3 Å². The number of carbonyl (C=O) groups excluding carboxylic acids is 8. The van der Waals surface area contributed by atoms with Crippen molar-refractivity contribution in [3.63, 3.8) is 0 Å². The molecular formula is C56H84N10O13. The van der Waals surface area contributed by atoms with Crippen LogP contribution in [0.1, 0.15) is 101 Å². The van der Waals surface area contributed by atoms with E-state index < -0.39 is 95.6 Å². The van der Waals surface area contributed by atoms with E-state index in [2.05, 4.69) is 42.5 Å². The third kappa shape index (κ3) is 17.0. The topological polar surface area (TPSA) is 307 Å². The Labute approximate surface area is 463 Å². The van der Waals surface area contributed by atoms with Gasteiger partial charge >= 0.3 is 0 Å². The first-order chi connectivity index (χ1) is 38.2. The molecule has 0 aliphatic carbocycles. The first-order valence-corrected chi connectivity index (χ1v) is 28.0. The van der Waals surface area contributed by atoms with E-state index in [1.807, 2.05) is 12.1 Å². The number of nitrogens with zero attached hydrogens (tertiary/aromatic N) is 2. The fourth-order valence-corrected chi connectivity index (χ4v) is 10.8. The maximum absolute atomic E-state index is 14.1. The summed E-state index contributed by atoms with van der Waals surface area (Å²) in [4.78, 5) is 112. The van der Waals surface area contributed by atoms with Crippen LogP contribution in [0, 0.1) is 11.8 Å². The van der Waals surface area contributed by atoms with Gasteiger partial charge in [-0.05, 0) is 103 Å². The molecule has 0 saturated carbocycles. The fourth-order valence-electron chi connectivity index (χ4n) is 10.8. The average molecular weight is 1110 g/mol. The Balaban J connectivity index is 0.863. The van der Waals surface area contributed by atoms with E-state index in [9.17, 15) is 48.6 Å². The van der Waals surface area contributed by atoms with Gasteiger partial charge in [0.05, 0.1) is 38.5 Å². The molecule has 4 aliphatic heterocycles. The number of fused-ring (bicyclic) bond motifs is 2. The highest BCUT2D eigenvalue weighted by Crippen LogP contribution is 2.36. The van der Waals surface area contributed by atoms with Gasteiger partial charge in [0.15, 0.2) is 0 Å². The Bertz CT molecular complexity index is 2160. The first-order valence-electron chi connectivity index (χ1n) is 28.0. The SMILES string of the molecule is CN[C@@H](C)C(=O)N[C@@H]1C(=O)N2[C@@H](CC[C@@H]1CO)CC[C@H]2C(=O)N[C@H](C(=O)NCCCOCCOCCOCCCNC(=O)[C@@H](NC(=O)[C@@H]1CC[C@@H]2CC[C@H](CO)[C@H](NC(=O)[C@H](C)NC)C(=O)N21)c1ccccc1)c1ccccc1. The maximum atomic E-state index is 14.1. The molecule has 4 heterocycles. The van der Waals surface area contributed by atoms with E-state index in [0.717, 1.165) is 0 Å². The van der Waals surface area contributed by atoms with Gasteiger partial charge in [-0.1, -0.05) is 60.7 Å². The number of carbonyl (C=O) groups is 8. The molecule has 6 rings (SSSR count). The quantitative estimate of drug-likeness (QED) is 0.0440. The van der Waals surface area contributed by atoms with Crippen molar-refractivity contribution in [2.45, 2.75) is 138 Å². The number of benzene rings is 2. The molecule has 436 valence electrons. The van der Waals surface area contributed by atoms with Crippen LogP contribution in [0.4, 0.5) is 0 Å². The van der Waals surface area contributed by atoms with Gasteiger partial charge in [-0.25, -0.2) is 0 Å². The van der Waals surface area contributed by atoms with E-state index in [1.54, 1.807) is 86.3 Å². The van der Waals surface area contributed by atoms with Crippen LogP contribution in [0.2, 0.25) is 0 Å². The van der Waals surface area contributed by atoms with Gasteiger partial charge < -0.3 is 76.8 Å². The lowest BCUT2D eigenvalue weighted by Gasteiger charge is -2.33. The lowest BCUT2D eigenvalue weighted by atomic mass is 9.94. The molecule has 4 aliphatic rings. The minimum absolute atomic E-state index is 0.239. The summed E-state index contributed by atoms with van der Waals surface area (Å²) >= 11 is 0. The second kappa shape index (κ2) is 31.6. The molecule has 23 heteroatoms. The van der Waals surface area contributed by atoms with Crippen LogP contribution in [0.15, 0.2) is 60.7 Å². The monoisotopic (exact) mass is 1100 g/mol. The van der Waals surface area contributed by atoms with Crippen LogP contribution >= 0.6 is 0 Å². The minimum atomic E-state index is -1.03. The van der Waals surface area contributed by atoms with E-state index in [4.69, 9.17) is 14.2 Å². The molecule has 10 N–H and O–H groups in total. The molecule has 23 nitrogen and oxygen atoms in total. The average Bonchev–Trinajstić information content (AvgIpc) is 4.12. The summed E-state index contributed by atoms with van der Waals surface area (Å²) in [5.74, 6) is -4.40. The molecule has 2 aromatic rings. The van der Waals surface area contributed by atoms with Crippen molar-refractivity contribution in [2.24, 2.45) is 11.8 Å². The summed E-state index contributed by atoms with van der Waals surface area (Å²) in [5.41, 5.74) is 1.14. The number of ether oxygens (including phenoxy) is 3. The lowest BCUT2D eigenvalue weighted by Crippen LogP contribution is -2.58. The molecule has 0 radical (unpaired) electrons. The second-order valence-corrected chi connectivity index (χ2v) is 20.8. The number of hydrogen-bond donors (Lipinski definition) is 10. The Morgan fingerprint density at radius 2 is 0.873 bits per heavy atom. The molecule has 2 aromatic carbocycles. The van der Waals surface area contributed by atoms with Crippen LogP contribution in [0.3, 0.4) is 0 Å². The van der Waals surface area contributed by atoms with Gasteiger partial charge in [-0.15, -0.1) is 0 Å². The Kier molecular flexibility index (Phi) is 24.9. The van der Waals surface area contributed by atoms with Crippen molar-refractivity contribution in [1.29, 1.82) is 0 Å². The Morgan fingerprint density at radius 3 is 1.23 bits per heavy atom.